The van der Waals surface area contributed by atoms with E-state index in [9.17, 15) is 9.18 Å². The van der Waals surface area contributed by atoms with Crippen molar-refractivity contribution >= 4 is 5.91 Å². The van der Waals surface area contributed by atoms with E-state index < -0.39 is 11.7 Å². The Bertz CT molecular complexity index is 520. The number of benzene rings is 1. The van der Waals surface area contributed by atoms with E-state index in [0.29, 0.717) is 18.6 Å². The number of methoxy groups -OCH3 is 1. The molecule has 0 aliphatic rings. The molecule has 0 aromatic heterocycles. The number of nitrogens with one attached hydrogen (secondary N) is 1. The molecular formula is C15H19FN2O2. The van der Waals surface area contributed by atoms with Gasteiger partial charge in [-0.15, -0.1) is 0 Å². The lowest BCUT2D eigenvalue weighted by Crippen LogP contribution is -2.33. The van der Waals surface area contributed by atoms with Gasteiger partial charge in [-0.2, -0.15) is 0 Å². The van der Waals surface area contributed by atoms with E-state index >= 15 is 0 Å². The molecule has 1 unspecified atom stereocenters. The van der Waals surface area contributed by atoms with Gasteiger partial charge >= 0.3 is 0 Å². The zero-order valence-electron chi connectivity index (χ0n) is 11.7. The van der Waals surface area contributed by atoms with Crippen molar-refractivity contribution in [3.63, 3.8) is 0 Å². The topological polar surface area (TPSA) is 64.3 Å². The quantitative estimate of drug-likeness (QED) is 0.798. The number of carbonyl (C=O) groups excluding carboxylic acids is 1. The first kappa shape index (κ1) is 16.2. The molecule has 3 N–H and O–H groups in total. The number of amides is 1. The molecule has 0 fully saturated rings. The normalized spacial score (nSPS) is 11.4. The second-order valence-electron chi connectivity index (χ2n) is 4.36. The number of rotatable bonds is 5. The highest BCUT2D eigenvalue weighted by atomic mass is 19.1. The van der Waals surface area contributed by atoms with Crippen molar-refractivity contribution in [2.75, 3.05) is 20.3 Å². The maximum Gasteiger partial charge on any atom is 0.254 e. The third-order valence-electron chi connectivity index (χ3n) is 2.68. The molecule has 1 amide bonds. The lowest BCUT2D eigenvalue weighted by Gasteiger charge is -2.13. The van der Waals surface area contributed by atoms with Crippen molar-refractivity contribution in [3.05, 3.63) is 35.1 Å². The molecule has 0 aliphatic heterocycles. The molecule has 0 saturated carbocycles. The zero-order chi connectivity index (χ0) is 15.0. The highest BCUT2D eigenvalue weighted by Crippen LogP contribution is 2.10. The molecule has 4 nitrogen and oxygen atoms in total. The van der Waals surface area contributed by atoms with Gasteiger partial charge in [-0.1, -0.05) is 11.8 Å². The van der Waals surface area contributed by atoms with E-state index in [2.05, 4.69) is 17.2 Å². The number of carbonyl (C=O) groups is 1. The molecular weight excluding hydrogens is 259 g/mol. The average Bonchev–Trinajstić information content (AvgIpc) is 2.42. The van der Waals surface area contributed by atoms with E-state index in [1.165, 1.54) is 12.1 Å². The van der Waals surface area contributed by atoms with Crippen LogP contribution in [0.4, 0.5) is 4.39 Å². The monoisotopic (exact) mass is 278 g/mol. The second kappa shape index (κ2) is 8.31. The third kappa shape index (κ3) is 5.00. The summed E-state index contributed by atoms with van der Waals surface area (Å²) in [5.41, 5.74) is 5.75. The van der Waals surface area contributed by atoms with Crippen LogP contribution in [0.2, 0.25) is 0 Å². The Morgan fingerprint density at radius 3 is 2.90 bits per heavy atom. The predicted molar refractivity (Wildman–Crippen MR) is 75.8 cm³/mol. The van der Waals surface area contributed by atoms with Crippen LogP contribution in [0.5, 0.6) is 0 Å². The van der Waals surface area contributed by atoms with Crippen LogP contribution >= 0.6 is 0 Å². The minimum absolute atomic E-state index is 0.00700. The molecule has 108 valence electrons. The maximum absolute atomic E-state index is 13.8. The summed E-state index contributed by atoms with van der Waals surface area (Å²) >= 11 is 0. The summed E-state index contributed by atoms with van der Waals surface area (Å²) in [7, 11) is 1.59. The van der Waals surface area contributed by atoms with Gasteiger partial charge in [0.25, 0.3) is 5.91 Å². The van der Waals surface area contributed by atoms with Gasteiger partial charge in [0.15, 0.2) is 0 Å². The van der Waals surface area contributed by atoms with Crippen molar-refractivity contribution < 1.29 is 13.9 Å². The summed E-state index contributed by atoms with van der Waals surface area (Å²) < 4.78 is 18.8. The van der Waals surface area contributed by atoms with E-state index in [-0.39, 0.29) is 18.2 Å². The Balaban J connectivity index is 2.73. The van der Waals surface area contributed by atoms with Gasteiger partial charge in [0.2, 0.25) is 0 Å². The molecule has 1 rings (SSSR count). The van der Waals surface area contributed by atoms with Crippen LogP contribution in [0.15, 0.2) is 18.2 Å². The summed E-state index contributed by atoms with van der Waals surface area (Å²) in [5.74, 6) is 4.32. The Morgan fingerprint density at radius 1 is 1.55 bits per heavy atom. The fraction of sp³-hybridized carbons (Fsp3) is 0.400. The van der Waals surface area contributed by atoms with Gasteiger partial charge in [0.05, 0.1) is 12.1 Å². The number of halogens is 1. The standard InChI is InChI=1S/C15H19FN2O2/c1-11(7-9-20-2)18-15(19)13-6-5-12(4-3-8-17)10-14(13)16/h5-6,10-11H,7-9,17H2,1-2H3,(H,18,19). The van der Waals surface area contributed by atoms with Gasteiger partial charge in [-0.3, -0.25) is 4.79 Å². The van der Waals surface area contributed by atoms with Crippen molar-refractivity contribution in [3.8, 4) is 11.8 Å². The summed E-state index contributed by atoms with van der Waals surface area (Å²) in [5, 5.41) is 2.72. The molecule has 0 heterocycles. The maximum atomic E-state index is 13.8. The summed E-state index contributed by atoms with van der Waals surface area (Å²) in [6.07, 6.45) is 0.671. The van der Waals surface area contributed by atoms with E-state index in [1.807, 2.05) is 6.92 Å². The predicted octanol–water partition coefficient (Wildman–Crippen LogP) is 1.29. The molecule has 20 heavy (non-hydrogen) atoms. The average molecular weight is 278 g/mol. The minimum atomic E-state index is -0.592. The summed E-state index contributed by atoms with van der Waals surface area (Å²) in [6, 6.07) is 4.17. The number of hydrogen-bond donors (Lipinski definition) is 2. The first-order chi connectivity index (χ1) is 9.58. The third-order valence-corrected chi connectivity index (χ3v) is 2.68. The van der Waals surface area contributed by atoms with Crippen LogP contribution in [0.1, 0.15) is 29.3 Å². The molecule has 1 atom stereocenters. The zero-order valence-corrected chi connectivity index (χ0v) is 11.7. The largest absolute Gasteiger partial charge is 0.385 e. The van der Waals surface area contributed by atoms with Crippen LogP contribution in [0, 0.1) is 17.7 Å². The van der Waals surface area contributed by atoms with Gasteiger partial charge in [-0.05, 0) is 31.5 Å². The molecule has 0 saturated heterocycles. The molecule has 1 aromatic carbocycles. The van der Waals surface area contributed by atoms with Crippen molar-refractivity contribution in [1.29, 1.82) is 0 Å². The van der Waals surface area contributed by atoms with E-state index in [4.69, 9.17) is 10.5 Å². The van der Waals surface area contributed by atoms with Crippen molar-refractivity contribution in [2.24, 2.45) is 5.73 Å². The smallest absolute Gasteiger partial charge is 0.254 e. The van der Waals surface area contributed by atoms with Gasteiger partial charge in [0.1, 0.15) is 5.82 Å². The first-order valence-electron chi connectivity index (χ1n) is 6.36. The molecule has 0 spiro atoms. The Hall–Kier alpha value is -1.90. The molecule has 0 radical (unpaired) electrons. The first-order valence-corrected chi connectivity index (χ1v) is 6.36. The molecule has 0 aliphatic carbocycles. The number of nitrogens with two attached hydrogens (primary N) is 1. The SMILES string of the molecule is COCCC(C)NC(=O)c1ccc(C#CCN)cc1F. The van der Waals surface area contributed by atoms with E-state index in [1.54, 1.807) is 13.2 Å². The van der Waals surface area contributed by atoms with Crippen LogP contribution in [-0.2, 0) is 4.74 Å². The summed E-state index contributed by atoms with van der Waals surface area (Å²) in [4.78, 5) is 11.9. The highest BCUT2D eigenvalue weighted by Gasteiger charge is 2.14. The lowest BCUT2D eigenvalue weighted by atomic mass is 10.1. The molecule has 0 bridgehead atoms. The fourth-order valence-corrected chi connectivity index (χ4v) is 1.60. The Morgan fingerprint density at radius 2 is 2.30 bits per heavy atom. The second-order valence-corrected chi connectivity index (χ2v) is 4.36. The van der Waals surface area contributed by atoms with E-state index in [0.717, 1.165) is 0 Å². The molecule has 1 aromatic rings. The Labute approximate surface area is 118 Å². The minimum Gasteiger partial charge on any atom is -0.385 e. The van der Waals surface area contributed by atoms with Gasteiger partial charge in [-0.25, -0.2) is 4.39 Å². The van der Waals surface area contributed by atoms with Crippen molar-refractivity contribution in [2.45, 2.75) is 19.4 Å². The van der Waals surface area contributed by atoms with Crippen LogP contribution in [-0.4, -0.2) is 32.2 Å². The Kier molecular flexibility index (Phi) is 6.71. The molecule has 5 heteroatoms. The van der Waals surface area contributed by atoms with Crippen LogP contribution in [0.3, 0.4) is 0 Å². The summed E-state index contributed by atoms with van der Waals surface area (Å²) in [6.45, 7) is 2.59. The van der Waals surface area contributed by atoms with Gasteiger partial charge in [0, 0.05) is 25.3 Å². The fourth-order valence-electron chi connectivity index (χ4n) is 1.60. The van der Waals surface area contributed by atoms with Crippen LogP contribution in [0.25, 0.3) is 0 Å². The lowest BCUT2D eigenvalue weighted by molar-refractivity contribution is 0.0925. The number of ether oxygens (including phenoxy) is 1. The van der Waals surface area contributed by atoms with Crippen molar-refractivity contribution in [1.82, 2.24) is 5.32 Å². The highest BCUT2D eigenvalue weighted by molar-refractivity contribution is 5.94. The van der Waals surface area contributed by atoms with Gasteiger partial charge < -0.3 is 15.8 Å². The number of hydrogen-bond acceptors (Lipinski definition) is 3. The van der Waals surface area contributed by atoms with Crippen LogP contribution < -0.4 is 11.1 Å².